The summed E-state index contributed by atoms with van der Waals surface area (Å²) in [4.78, 5) is 45.7. The maximum atomic E-state index is 13.9. The van der Waals surface area contributed by atoms with Crippen LogP contribution in [-0.4, -0.2) is 30.2 Å². The Morgan fingerprint density at radius 1 is 1.02 bits per heavy atom. The third kappa shape index (κ3) is 4.91. The highest BCUT2D eigenvalue weighted by atomic mass is 32.1. The van der Waals surface area contributed by atoms with Gasteiger partial charge in [0.25, 0.3) is 5.56 Å². The van der Waals surface area contributed by atoms with E-state index in [0.29, 0.717) is 49.9 Å². The molecule has 2 aromatic carbocycles. The quantitative estimate of drug-likeness (QED) is 0.278. The minimum absolute atomic E-state index is 0.135. The van der Waals surface area contributed by atoms with Crippen molar-refractivity contribution in [1.82, 2.24) is 4.57 Å². The number of methoxy groups -OCH3 is 1. The topological polar surface area (TPSA) is 96.2 Å². The predicted molar refractivity (Wildman–Crippen MR) is 166 cm³/mol. The van der Waals surface area contributed by atoms with Crippen LogP contribution in [-0.2, 0) is 14.3 Å². The summed E-state index contributed by atoms with van der Waals surface area (Å²) in [5.41, 5.74) is 1.76. The number of ether oxygens (including phenoxy) is 3. The number of fused-ring (bicyclic) bond motifs is 1. The monoisotopic (exact) mass is 612 g/mol. The van der Waals surface area contributed by atoms with Gasteiger partial charge in [0.1, 0.15) is 0 Å². The molecule has 44 heavy (non-hydrogen) atoms. The van der Waals surface area contributed by atoms with Gasteiger partial charge in [-0.2, -0.15) is 0 Å². The number of rotatable bonds is 7. The molecule has 0 unspecified atom stereocenters. The highest BCUT2D eigenvalue weighted by Crippen LogP contribution is 2.60. The number of carbonyl (C=O) groups excluding carboxylic acids is 2. The highest BCUT2D eigenvalue weighted by molar-refractivity contribution is 7.07. The Bertz CT molecular complexity index is 1820. The summed E-state index contributed by atoms with van der Waals surface area (Å²) in [5.74, 6) is 2.14. The smallest absolute Gasteiger partial charge is 0.338 e. The standard InChI is InChI=1S/C35H36N2O6S/c1-4-42-32(39)29-20(2)36-34-37(30(29)25-8-6-5-7-9-25)31(38)28(44-34)16-21-10-11-26(27(15-21)41-3)43-33(40)35-17-22-12-23(18-35)14-24(13-22)19-35/h5-11,15-16,22-24,30H,4,12-14,17-19H2,1-3H3/b28-16+/t22?,23?,24?,30-,35?/m0/s1. The molecular weight excluding hydrogens is 576 g/mol. The fourth-order valence-electron chi connectivity index (χ4n) is 8.32. The molecule has 9 heteroatoms. The van der Waals surface area contributed by atoms with Crippen LogP contribution in [0, 0.1) is 23.2 Å². The molecule has 1 aromatic heterocycles. The Morgan fingerprint density at radius 2 is 1.70 bits per heavy atom. The van der Waals surface area contributed by atoms with E-state index in [9.17, 15) is 14.4 Å². The first-order valence-corrected chi connectivity index (χ1v) is 16.2. The fraction of sp³-hybridized carbons (Fsp3) is 0.429. The summed E-state index contributed by atoms with van der Waals surface area (Å²) in [6.07, 6.45) is 8.34. The van der Waals surface area contributed by atoms with Crippen molar-refractivity contribution in [2.75, 3.05) is 13.7 Å². The minimum atomic E-state index is -0.658. The predicted octanol–water partition coefficient (Wildman–Crippen LogP) is 4.93. The number of esters is 2. The largest absolute Gasteiger partial charge is 0.493 e. The lowest BCUT2D eigenvalue weighted by Crippen LogP contribution is -2.51. The molecule has 1 atom stereocenters. The number of benzene rings is 2. The molecule has 4 aliphatic carbocycles. The molecule has 8 rings (SSSR count). The summed E-state index contributed by atoms with van der Waals surface area (Å²) < 4.78 is 19.1. The molecule has 228 valence electrons. The van der Waals surface area contributed by atoms with Crippen LogP contribution in [0.15, 0.2) is 69.6 Å². The van der Waals surface area contributed by atoms with E-state index in [0.717, 1.165) is 30.4 Å². The molecular formula is C35H36N2O6S. The highest BCUT2D eigenvalue weighted by Gasteiger charge is 2.55. The number of nitrogens with zero attached hydrogens (tertiary/aromatic N) is 2. The van der Waals surface area contributed by atoms with E-state index in [4.69, 9.17) is 14.2 Å². The Kier molecular flexibility index (Phi) is 7.31. The molecule has 1 aliphatic heterocycles. The molecule has 4 fully saturated rings. The SMILES string of the molecule is CCOC(=O)C1=C(C)N=c2s/c(=C/c3ccc(OC(=O)C45CC6CC(CC(C6)C4)C5)c(OC)c3)c(=O)n2[C@H]1c1ccccc1. The van der Waals surface area contributed by atoms with E-state index >= 15 is 0 Å². The molecule has 2 heterocycles. The lowest BCUT2D eigenvalue weighted by molar-refractivity contribution is -0.161. The van der Waals surface area contributed by atoms with Crippen molar-refractivity contribution in [2.45, 2.75) is 58.4 Å². The second-order valence-corrected chi connectivity index (χ2v) is 13.7. The van der Waals surface area contributed by atoms with Crippen LogP contribution in [0.1, 0.15) is 69.5 Å². The summed E-state index contributed by atoms with van der Waals surface area (Å²) >= 11 is 1.26. The zero-order chi connectivity index (χ0) is 30.6. The number of hydrogen-bond donors (Lipinski definition) is 0. The fourth-order valence-corrected chi connectivity index (χ4v) is 9.37. The van der Waals surface area contributed by atoms with E-state index in [1.807, 2.05) is 36.4 Å². The number of thiazole rings is 1. The second kappa shape index (κ2) is 11.2. The Balaban J connectivity index is 1.22. The normalized spacial score (nSPS) is 27.1. The maximum absolute atomic E-state index is 13.9. The average Bonchev–Trinajstić information content (AvgIpc) is 3.30. The van der Waals surface area contributed by atoms with Crippen molar-refractivity contribution >= 4 is 29.4 Å². The molecule has 0 spiro atoms. The van der Waals surface area contributed by atoms with Crippen LogP contribution in [0.5, 0.6) is 11.5 Å². The van der Waals surface area contributed by atoms with Gasteiger partial charge in [0.15, 0.2) is 16.3 Å². The molecule has 4 bridgehead atoms. The Morgan fingerprint density at radius 3 is 2.34 bits per heavy atom. The summed E-state index contributed by atoms with van der Waals surface area (Å²) in [6.45, 7) is 3.75. The lowest BCUT2D eigenvalue weighted by Gasteiger charge is -2.55. The molecule has 0 saturated heterocycles. The van der Waals surface area contributed by atoms with Gasteiger partial charge in [0.2, 0.25) is 0 Å². The third-order valence-electron chi connectivity index (χ3n) is 9.79. The first-order valence-electron chi connectivity index (χ1n) is 15.4. The van der Waals surface area contributed by atoms with Crippen LogP contribution in [0.25, 0.3) is 6.08 Å². The van der Waals surface area contributed by atoms with E-state index in [1.165, 1.54) is 30.6 Å². The lowest BCUT2D eigenvalue weighted by atomic mass is 9.49. The maximum Gasteiger partial charge on any atom is 0.338 e. The molecule has 3 aromatic rings. The van der Waals surface area contributed by atoms with Crippen molar-refractivity contribution in [3.63, 3.8) is 0 Å². The number of carbonyl (C=O) groups is 2. The van der Waals surface area contributed by atoms with E-state index in [-0.39, 0.29) is 23.6 Å². The molecule has 0 N–H and O–H groups in total. The molecule has 4 saturated carbocycles. The van der Waals surface area contributed by atoms with Crippen LogP contribution < -0.4 is 24.4 Å². The van der Waals surface area contributed by atoms with Crippen LogP contribution in [0.3, 0.4) is 0 Å². The van der Waals surface area contributed by atoms with Gasteiger partial charge in [0.05, 0.1) is 41.0 Å². The molecule has 5 aliphatic rings. The van der Waals surface area contributed by atoms with Crippen molar-refractivity contribution in [3.05, 3.63) is 90.6 Å². The zero-order valence-corrected chi connectivity index (χ0v) is 26.0. The average molecular weight is 613 g/mol. The molecule has 0 radical (unpaired) electrons. The van der Waals surface area contributed by atoms with Gasteiger partial charge in [-0.25, -0.2) is 9.79 Å². The minimum Gasteiger partial charge on any atom is -0.493 e. The van der Waals surface area contributed by atoms with Crippen LogP contribution in [0.4, 0.5) is 0 Å². The van der Waals surface area contributed by atoms with E-state index in [2.05, 4.69) is 4.99 Å². The molecule has 0 amide bonds. The van der Waals surface area contributed by atoms with Crippen molar-refractivity contribution in [1.29, 1.82) is 0 Å². The summed E-state index contributed by atoms with van der Waals surface area (Å²) in [7, 11) is 1.55. The van der Waals surface area contributed by atoms with Gasteiger partial charge >= 0.3 is 11.9 Å². The van der Waals surface area contributed by atoms with E-state index < -0.39 is 12.0 Å². The second-order valence-electron chi connectivity index (χ2n) is 12.7. The summed E-state index contributed by atoms with van der Waals surface area (Å²) in [5, 5.41) is 0. The Hall–Kier alpha value is -3.98. The van der Waals surface area contributed by atoms with Gasteiger partial charge in [-0.05, 0) is 99.5 Å². The van der Waals surface area contributed by atoms with Gasteiger partial charge in [-0.3, -0.25) is 14.2 Å². The van der Waals surface area contributed by atoms with Crippen molar-refractivity contribution in [2.24, 2.45) is 28.2 Å². The van der Waals surface area contributed by atoms with Crippen LogP contribution in [0.2, 0.25) is 0 Å². The first kappa shape index (κ1) is 28.8. The van der Waals surface area contributed by atoms with Crippen molar-refractivity contribution < 1.29 is 23.8 Å². The number of allylic oxidation sites excluding steroid dienone is 1. The van der Waals surface area contributed by atoms with Crippen molar-refractivity contribution in [3.8, 4) is 11.5 Å². The first-order chi connectivity index (χ1) is 21.3. The van der Waals surface area contributed by atoms with Gasteiger partial charge in [-0.15, -0.1) is 0 Å². The third-order valence-corrected chi connectivity index (χ3v) is 10.8. The van der Waals surface area contributed by atoms with Gasteiger partial charge < -0.3 is 14.2 Å². The zero-order valence-electron chi connectivity index (χ0n) is 25.2. The number of hydrogen-bond acceptors (Lipinski definition) is 8. The Labute approximate surface area is 259 Å². The van der Waals surface area contributed by atoms with Gasteiger partial charge in [0, 0.05) is 0 Å². The van der Waals surface area contributed by atoms with E-state index in [1.54, 1.807) is 43.7 Å². The van der Waals surface area contributed by atoms with Crippen LogP contribution >= 0.6 is 11.3 Å². The summed E-state index contributed by atoms with van der Waals surface area (Å²) in [6, 6.07) is 14.1. The molecule has 8 nitrogen and oxygen atoms in total. The number of aromatic nitrogens is 1. The van der Waals surface area contributed by atoms with Gasteiger partial charge in [-0.1, -0.05) is 47.7 Å².